The van der Waals surface area contributed by atoms with Gasteiger partial charge in [-0.3, -0.25) is 0 Å². The van der Waals surface area contributed by atoms with E-state index in [4.69, 9.17) is 0 Å². The van der Waals surface area contributed by atoms with E-state index in [1.165, 1.54) is 24.0 Å². The van der Waals surface area contributed by atoms with Gasteiger partial charge in [0.2, 0.25) is 0 Å². The Bertz CT molecular complexity index is 515. The van der Waals surface area contributed by atoms with E-state index in [0.29, 0.717) is 6.04 Å². The Morgan fingerprint density at radius 1 is 1.21 bits per heavy atom. The highest BCUT2D eigenvalue weighted by Crippen LogP contribution is 2.40. The molecule has 1 N–H and O–H groups in total. The number of aromatic nitrogens is 1. The maximum absolute atomic E-state index is 3.66. The summed E-state index contributed by atoms with van der Waals surface area (Å²) in [5, 5.41) is 3.66. The monoisotopic (exact) mass is 254 g/mol. The van der Waals surface area contributed by atoms with E-state index in [1.807, 2.05) is 0 Å². The first-order chi connectivity index (χ1) is 9.36. The molecule has 0 spiro atoms. The first-order valence-corrected chi connectivity index (χ1v) is 7.30. The van der Waals surface area contributed by atoms with Crippen LogP contribution in [0.4, 0.5) is 0 Å². The maximum atomic E-state index is 3.66. The fourth-order valence-electron chi connectivity index (χ4n) is 2.73. The molecule has 1 aliphatic rings. The van der Waals surface area contributed by atoms with Crippen molar-refractivity contribution in [3.63, 3.8) is 0 Å². The van der Waals surface area contributed by atoms with E-state index in [-0.39, 0.29) is 0 Å². The van der Waals surface area contributed by atoms with Crippen LogP contribution in [0.25, 0.3) is 0 Å². The molecule has 0 aliphatic heterocycles. The summed E-state index contributed by atoms with van der Waals surface area (Å²) in [6, 6.07) is 13.7. The predicted molar refractivity (Wildman–Crippen MR) is 79.2 cm³/mol. The summed E-state index contributed by atoms with van der Waals surface area (Å²) in [6.45, 7) is 4.33. The van der Waals surface area contributed by atoms with Gasteiger partial charge < -0.3 is 9.88 Å². The third-order valence-electron chi connectivity index (χ3n) is 3.88. The topological polar surface area (TPSA) is 17.0 Å². The smallest absolute Gasteiger partial charge is 0.0223 e. The molecule has 1 aromatic heterocycles. The summed E-state index contributed by atoms with van der Waals surface area (Å²) in [5.74, 6) is 0.721. The first kappa shape index (κ1) is 12.5. The van der Waals surface area contributed by atoms with Gasteiger partial charge in [0.1, 0.15) is 0 Å². The van der Waals surface area contributed by atoms with Crippen LogP contribution in [-0.4, -0.2) is 10.6 Å². The van der Waals surface area contributed by atoms with Gasteiger partial charge in [-0.15, -0.1) is 0 Å². The number of benzene rings is 1. The molecule has 0 bridgehead atoms. The Morgan fingerprint density at radius 2 is 2.05 bits per heavy atom. The molecule has 0 saturated heterocycles. The molecule has 100 valence electrons. The molecule has 1 aromatic carbocycles. The average molecular weight is 254 g/mol. The number of nitrogens with one attached hydrogen (secondary N) is 1. The fraction of sp³-hybridized carbons (Fsp3) is 0.412. The van der Waals surface area contributed by atoms with Crippen LogP contribution in [0.2, 0.25) is 0 Å². The zero-order valence-corrected chi connectivity index (χ0v) is 11.5. The largest absolute Gasteiger partial charge is 0.354 e. The molecule has 2 unspecified atom stereocenters. The van der Waals surface area contributed by atoms with Crippen molar-refractivity contribution in [2.75, 3.05) is 0 Å². The van der Waals surface area contributed by atoms with Gasteiger partial charge in [0.25, 0.3) is 0 Å². The Labute approximate surface area is 115 Å². The van der Waals surface area contributed by atoms with Gasteiger partial charge in [0.05, 0.1) is 0 Å². The standard InChI is InChI=1S/C17H22N2/c1-2-9-19-10-8-14(13-19)12-18-17-11-16(17)15-6-4-3-5-7-15/h3-8,10,13,16-18H,2,9,11-12H2,1H3. The molecule has 2 atom stereocenters. The Balaban J connectivity index is 1.49. The molecule has 19 heavy (non-hydrogen) atoms. The van der Waals surface area contributed by atoms with Gasteiger partial charge in [0, 0.05) is 37.4 Å². The number of nitrogens with zero attached hydrogens (tertiary/aromatic N) is 1. The molecule has 0 radical (unpaired) electrons. The molecule has 1 heterocycles. The lowest BCUT2D eigenvalue weighted by molar-refractivity contribution is 0.659. The third-order valence-corrected chi connectivity index (χ3v) is 3.88. The third kappa shape index (κ3) is 3.07. The van der Waals surface area contributed by atoms with Crippen LogP contribution >= 0.6 is 0 Å². The van der Waals surface area contributed by atoms with Crippen molar-refractivity contribution in [2.45, 2.75) is 44.8 Å². The van der Waals surface area contributed by atoms with Crippen molar-refractivity contribution < 1.29 is 0 Å². The van der Waals surface area contributed by atoms with Crippen molar-refractivity contribution in [1.29, 1.82) is 0 Å². The number of aryl methyl sites for hydroxylation is 1. The SMILES string of the molecule is CCCn1ccc(CNC2CC2c2ccccc2)c1. The van der Waals surface area contributed by atoms with Gasteiger partial charge in [0.15, 0.2) is 0 Å². The molecular formula is C17H22N2. The summed E-state index contributed by atoms with van der Waals surface area (Å²) in [4.78, 5) is 0. The van der Waals surface area contributed by atoms with E-state index < -0.39 is 0 Å². The number of hydrogen-bond donors (Lipinski definition) is 1. The van der Waals surface area contributed by atoms with Gasteiger partial charge in [-0.2, -0.15) is 0 Å². The second kappa shape index (κ2) is 5.62. The molecule has 2 heteroatoms. The summed E-state index contributed by atoms with van der Waals surface area (Å²) in [7, 11) is 0. The lowest BCUT2D eigenvalue weighted by Gasteiger charge is -2.03. The molecule has 3 rings (SSSR count). The second-order valence-electron chi connectivity index (χ2n) is 5.50. The van der Waals surface area contributed by atoms with Crippen molar-refractivity contribution in [3.05, 3.63) is 59.9 Å². The van der Waals surface area contributed by atoms with Crippen molar-refractivity contribution in [2.24, 2.45) is 0 Å². The van der Waals surface area contributed by atoms with Gasteiger partial charge in [-0.05, 0) is 30.0 Å². The van der Waals surface area contributed by atoms with Crippen LogP contribution in [0.5, 0.6) is 0 Å². The summed E-state index contributed by atoms with van der Waals surface area (Å²) < 4.78 is 2.28. The number of hydrogen-bond acceptors (Lipinski definition) is 1. The van der Waals surface area contributed by atoms with Gasteiger partial charge >= 0.3 is 0 Å². The fourth-order valence-corrected chi connectivity index (χ4v) is 2.73. The van der Waals surface area contributed by atoms with Crippen molar-refractivity contribution >= 4 is 0 Å². The molecule has 0 amide bonds. The van der Waals surface area contributed by atoms with E-state index in [2.05, 4.69) is 65.6 Å². The van der Waals surface area contributed by atoms with Crippen LogP contribution in [0, 0.1) is 0 Å². The first-order valence-electron chi connectivity index (χ1n) is 7.30. The highest BCUT2D eigenvalue weighted by atomic mass is 15.0. The summed E-state index contributed by atoms with van der Waals surface area (Å²) >= 11 is 0. The summed E-state index contributed by atoms with van der Waals surface area (Å²) in [6.07, 6.45) is 6.92. The molecule has 1 saturated carbocycles. The van der Waals surface area contributed by atoms with Crippen LogP contribution in [0.15, 0.2) is 48.8 Å². The second-order valence-corrected chi connectivity index (χ2v) is 5.50. The molecule has 1 fully saturated rings. The van der Waals surface area contributed by atoms with E-state index in [9.17, 15) is 0 Å². The predicted octanol–water partition coefficient (Wildman–Crippen LogP) is 3.54. The van der Waals surface area contributed by atoms with Crippen LogP contribution < -0.4 is 5.32 Å². The van der Waals surface area contributed by atoms with Crippen LogP contribution in [0.1, 0.15) is 36.8 Å². The lowest BCUT2D eigenvalue weighted by Crippen LogP contribution is -2.16. The highest BCUT2D eigenvalue weighted by Gasteiger charge is 2.37. The minimum Gasteiger partial charge on any atom is -0.354 e. The Hall–Kier alpha value is -1.54. The molecular weight excluding hydrogens is 232 g/mol. The maximum Gasteiger partial charge on any atom is 0.0223 e. The van der Waals surface area contributed by atoms with Gasteiger partial charge in [-0.1, -0.05) is 37.3 Å². The zero-order chi connectivity index (χ0) is 13.1. The average Bonchev–Trinajstić information content (AvgIpc) is 3.10. The minimum absolute atomic E-state index is 0.664. The van der Waals surface area contributed by atoms with Crippen LogP contribution in [0.3, 0.4) is 0 Å². The molecule has 1 aliphatic carbocycles. The summed E-state index contributed by atoms with van der Waals surface area (Å²) in [5.41, 5.74) is 2.87. The lowest BCUT2D eigenvalue weighted by atomic mass is 10.1. The number of rotatable bonds is 6. The van der Waals surface area contributed by atoms with Crippen LogP contribution in [-0.2, 0) is 13.1 Å². The molecule has 2 aromatic rings. The molecule has 2 nitrogen and oxygen atoms in total. The van der Waals surface area contributed by atoms with E-state index >= 15 is 0 Å². The Kier molecular flexibility index (Phi) is 3.69. The highest BCUT2D eigenvalue weighted by molar-refractivity contribution is 5.27. The van der Waals surface area contributed by atoms with Gasteiger partial charge in [-0.25, -0.2) is 0 Å². The van der Waals surface area contributed by atoms with E-state index in [0.717, 1.165) is 19.0 Å². The van der Waals surface area contributed by atoms with E-state index in [1.54, 1.807) is 0 Å². The zero-order valence-electron chi connectivity index (χ0n) is 11.5. The normalized spacial score (nSPS) is 21.5. The quantitative estimate of drug-likeness (QED) is 0.834. The minimum atomic E-state index is 0.664. The Morgan fingerprint density at radius 3 is 2.84 bits per heavy atom. The van der Waals surface area contributed by atoms with Crippen molar-refractivity contribution in [3.8, 4) is 0 Å². The van der Waals surface area contributed by atoms with Crippen molar-refractivity contribution in [1.82, 2.24) is 9.88 Å².